The predicted octanol–water partition coefficient (Wildman–Crippen LogP) is 3.66. The molecule has 1 aliphatic heterocycles. The van der Waals surface area contributed by atoms with Crippen LogP contribution >= 0.6 is 0 Å². The molecule has 4 rings (SSSR count). The molecule has 6 heteroatoms. The van der Waals surface area contributed by atoms with Crippen LogP contribution in [0.4, 0.5) is 5.82 Å². The molecule has 2 aromatic heterocycles. The monoisotopic (exact) mass is 352 g/mol. The number of aromatic nitrogens is 3. The SMILES string of the molecule is CCCCOc1cccc(-c2nc(C3CCOC3)n3ccnc(N)c23)c1. The molecule has 136 valence electrons. The predicted molar refractivity (Wildman–Crippen MR) is 101 cm³/mol. The van der Waals surface area contributed by atoms with E-state index in [4.69, 9.17) is 20.2 Å². The molecule has 3 aromatic rings. The van der Waals surface area contributed by atoms with Crippen molar-refractivity contribution in [1.82, 2.24) is 14.4 Å². The van der Waals surface area contributed by atoms with Crippen LogP contribution < -0.4 is 10.5 Å². The summed E-state index contributed by atoms with van der Waals surface area (Å²) in [5, 5.41) is 0. The molecule has 1 unspecified atom stereocenters. The second-order valence-electron chi connectivity index (χ2n) is 6.64. The van der Waals surface area contributed by atoms with Gasteiger partial charge in [0.2, 0.25) is 0 Å². The van der Waals surface area contributed by atoms with Gasteiger partial charge in [-0.15, -0.1) is 0 Å². The van der Waals surface area contributed by atoms with E-state index in [0.717, 1.165) is 60.8 Å². The standard InChI is InChI=1S/C20H24N4O2/c1-2-3-10-26-16-6-4-5-14(12-16)17-18-19(21)22-8-9-24(18)20(23-17)15-7-11-25-13-15/h4-6,8-9,12,15H,2-3,7,10-11,13H2,1H3,(H2,21,22). The van der Waals surface area contributed by atoms with Crippen molar-refractivity contribution in [3.63, 3.8) is 0 Å². The highest BCUT2D eigenvalue weighted by Gasteiger charge is 2.25. The average molecular weight is 352 g/mol. The molecule has 26 heavy (non-hydrogen) atoms. The summed E-state index contributed by atoms with van der Waals surface area (Å²) in [5.41, 5.74) is 8.89. The average Bonchev–Trinajstić information content (AvgIpc) is 3.30. The number of benzene rings is 1. The van der Waals surface area contributed by atoms with Crippen molar-refractivity contribution in [3.8, 4) is 17.0 Å². The topological polar surface area (TPSA) is 74.7 Å². The third-order valence-electron chi connectivity index (χ3n) is 4.78. The number of nitrogens with zero attached hydrogens (tertiary/aromatic N) is 3. The van der Waals surface area contributed by atoms with Crippen LogP contribution in [0.15, 0.2) is 36.7 Å². The fourth-order valence-corrected chi connectivity index (χ4v) is 3.38. The molecule has 0 spiro atoms. The number of unbranched alkanes of at least 4 members (excludes halogenated alkanes) is 1. The van der Waals surface area contributed by atoms with E-state index in [1.807, 2.05) is 30.5 Å². The Morgan fingerprint density at radius 3 is 3.12 bits per heavy atom. The number of hydrogen-bond acceptors (Lipinski definition) is 5. The molecule has 0 aliphatic carbocycles. The van der Waals surface area contributed by atoms with Crippen molar-refractivity contribution >= 4 is 11.3 Å². The maximum Gasteiger partial charge on any atom is 0.150 e. The number of nitrogens with two attached hydrogens (primary N) is 1. The lowest BCUT2D eigenvalue weighted by molar-refractivity contribution is 0.193. The number of hydrogen-bond donors (Lipinski definition) is 1. The van der Waals surface area contributed by atoms with Crippen molar-refractivity contribution in [1.29, 1.82) is 0 Å². The highest BCUT2D eigenvalue weighted by Crippen LogP contribution is 2.34. The molecular weight excluding hydrogens is 328 g/mol. The zero-order chi connectivity index (χ0) is 17.9. The van der Waals surface area contributed by atoms with Crippen LogP contribution in [0.5, 0.6) is 5.75 Å². The molecular formula is C20H24N4O2. The van der Waals surface area contributed by atoms with Crippen molar-refractivity contribution in [3.05, 3.63) is 42.5 Å². The quantitative estimate of drug-likeness (QED) is 0.685. The van der Waals surface area contributed by atoms with Crippen LogP contribution in [0.25, 0.3) is 16.8 Å². The summed E-state index contributed by atoms with van der Waals surface area (Å²) in [7, 11) is 0. The minimum atomic E-state index is 0.280. The number of ether oxygens (including phenoxy) is 2. The van der Waals surface area contributed by atoms with Crippen LogP contribution in [0, 0.1) is 0 Å². The molecule has 6 nitrogen and oxygen atoms in total. The normalized spacial score (nSPS) is 17.0. The molecule has 1 aliphatic rings. The number of anilines is 1. The second-order valence-corrected chi connectivity index (χ2v) is 6.64. The molecule has 0 radical (unpaired) electrons. The molecule has 1 aromatic carbocycles. The fourth-order valence-electron chi connectivity index (χ4n) is 3.38. The van der Waals surface area contributed by atoms with E-state index in [1.165, 1.54) is 0 Å². The molecule has 0 saturated carbocycles. The Morgan fingerprint density at radius 1 is 1.38 bits per heavy atom. The minimum absolute atomic E-state index is 0.280. The second kappa shape index (κ2) is 7.33. The van der Waals surface area contributed by atoms with Crippen molar-refractivity contribution in [2.45, 2.75) is 32.1 Å². The smallest absolute Gasteiger partial charge is 0.150 e. The van der Waals surface area contributed by atoms with E-state index in [1.54, 1.807) is 6.20 Å². The van der Waals surface area contributed by atoms with Gasteiger partial charge < -0.3 is 15.2 Å². The largest absolute Gasteiger partial charge is 0.494 e. The molecule has 1 atom stereocenters. The fraction of sp³-hybridized carbons (Fsp3) is 0.400. The molecule has 3 heterocycles. The van der Waals surface area contributed by atoms with Crippen LogP contribution in [-0.2, 0) is 4.74 Å². The van der Waals surface area contributed by atoms with Gasteiger partial charge in [0.15, 0.2) is 0 Å². The van der Waals surface area contributed by atoms with Gasteiger partial charge in [-0.2, -0.15) is 0 Å². The molecule has 0 amide bonds. The van der Waals surface area contributed by atoms with Gasteiger partial charge in [0.1, 0.15) is 28.6 Å². The van der Waals surface area contributed by atoms with Crippen LogP contribution in [0.1, 0.15) is 37.9 Å². The third-order valence-corrected chi connectivity index (χ3v) is 4.78. The molecule has 1 fully saturated rings. The summed E-state index contributed by atoms with van der Waals surface area (Å²) in [4.78, 5) is 9.22. The zero-order valence-electron chi connectivity index (χ0n) is 15.0. The molecule has 1 saturated heterocycles. The molecule has 0 bridgehead atoms. The summed E-state index contributed by atoms with van der Waals surface area (Å²) >= 11 is 0. The van der Waals surface area contributed by atoms with Crippen molar-refractivity contribution in [2.24, 2.45) is 0 Å². The van der Waals surface area contributed by atoms with E-state index in [9.17, 15) is 0 Å². The first-order chi connectivity index (χ1) is 12.8. The Balaban J connectivity index is 1.77. The Hall–Kier alpha value is -2.60. The lowest BCUT2D eigenvalue weighted by Crippen LogP contribution is -2.04. The Kier molecular flexibility index (Phi) is 4.75. The lowest BCUT2D eigenvalue weighted by atomic mass is 10.1. The van der Waals surface area contributed by atoms with Gasteiger partial charge in [-0.25, -0.2) is 9.97 Å². The van der Waals surface area contributed by atoms with Crippen molar-refractivity contribution in [2.75, 3.05) is 25.6 Å². The minimum Gasteiger partial charge on any atom is -0.494 e. The van der Waals surface area contributed by atoms with Gasteiger partial charge in [0.25, 0.3) is 0 Å². The Labute approximate surface area is 153 Å². The van der Waals surface area contributed by atoms with E-state index >= 15 is 0 Å². The van der Waals surface area contributed by atoms with Crippen LogP contribution in [0.2, 0.25) is 0 Å². The third kappa shape index (κ3) is 3.12. The Morgan fingerprint density at radius 2 is 2.31 bits per heavy atom. The van der Waals surface area contributed by atoms with Gasteiger partial charge >= 0.3 is 0 Å². The summed E-state index contributed by atoms with van der Waals surface area (Å²) in [6.45, 7) is 4.34. The Bertz CT molecular complexity index is 900. The maximum absolute atomic E-state index is 6.21. The van der Waals surface area contributed by atoms with E-state index < -0.39 is 0 Å². The zero-order valence-corrected chi connectivity index (χ0v) is 15.0. The maximum atomic E-state index is 6.21. The van der Waals surface area contributed by atoms with Gasteiger partial charge in [0, 0.05) is 30.5 Å². The highest BCUT2D eigenvalue weighted by atomic mass is 16.5. The van der Waals surface area contributed by atoms with Crippen LogP contribution in [0.3, 0.4) is 0 Å². The van der Waals surface area contributed by atoms with Crippen molar-refractivity contribution < 1.29 is 9.47 Å². The first-order valence-electron chi connectivity index (χ1n) is 9.21. The van der Waals surface area contributed by atoms with Crippen LogP contribution in [-0.4, -0.2) is 34.2 Å². The van der Waals surface area contributed by atoms with E-state index in [-0.39, 0.29) is 5.92 Å². The number of nitrogen functional groups attached to an aromatic ring is 1. The number of fused-ring (bicyclic) bond motifs is 1. The molecule has 2 N–H and O–H groups in total. The van der Waals surface area contributed by atoms with E-state index in [2.05, 4.69) is 16.3 Å². The lowest BCUT2D eigenvalue weighted by Gasteiger charge is -2.07. The summed E-state index contributed by atoms with van der Waals surface area (Å²) < 4.78 is 13.5. The summed E-state index contributed by atoms with van der Waals surface area (Å²) in [6, 6.07) is 8.03. The highest BCUT2D eigenvalue weighted by molar-refractivity contribution is 5.85. The summed E-state index contributed by atoms with van der Waals surface area (Å²) in [6.07, 6.45) is 6.77. The van der Waals surface area contributed by atoms with Gasteiger partial charge in [-0.05, 0) is 25.0 Å². The number of imidazole rings is 1. The first-order valence-corrected chi connectivity index (χ1v) is 9.21. The van der Waals surface area contributed by atoms with Gasteiger partial charge in [0.05, 0.1) is 13.2 Å². The van der Waals surface area contributed by atoms with E-state index in [0.29, 0.717) is 12.4 Å². The summed E-state index contributed by atoms with van der Waals surface area (Å²) in [5.74, 6) is 2.60. The number of rotatable bonds is 6. The van der Waals surface area contributed by atoms with Gasteiger partial charge in [-0.3, -0.25) is 4.40 Å². The first kappa shape index (κ1) is 16.8. The van der Waals surface area contributed by atoms with Gasteiger partial charge in [-0.1, -0.05) is 25.5 Å².